The highest BCUT2D eigenvalue weighted by Gasteiger charge is 2.24. The van der Waals surface area contributed by atoms with E-state index in [0.29, 0.717) is 17.1 Å². The van der Waals surface area contributed by atoms with Gasteiger partial charge in [0.2, 0.25) is 6.29 Å². The first-order valence-corrected chi connectivity index (χ1v) is 4.62. The number of rotatable bonds is 1. The van der Waals surface area contributed by atoms with Gasteiger partial charge in [0.15, 0.2) is 17.8 Å². The molecule has 68 valence electrons. The second-order valence-electron chi connectivity index (χ2n) is 2.71. The Morgan fingerprint density at radius 3 is 2.92 bits per heavy atom. The Bertz CT molecular complexity index is 362. The van der Waals surface area contributed by atoms with Crippen molar-refractivity contribution >= 4 is 22.2 Å². The van der Waals surface area contributed by atoms with Crippen molar-refractivity contribution in [3.8, 4) is 11.5 Å². The van der Waals surface area contributed by atoms with E-state index in [2.05, 4.69) is 15.9 Å². The molecule has 0 aliphatic carbocycles. The molecule has 0 saturated heterocycles. The Labute approximate surface area is 83.8 Å². The first-order chi connectivity index (χ1) is 6.22. The van der Waals surface area contributed by atoms with Gasteiger partial charge in [0, 0.05) is 11.4 Å². The Hall–Kier alpha value is -1.03. The summed E-state index contributed by atoms with van der Waals surface area (Å²) in [5, 5.41) is 0. The average Bonchev–Trinajstić information content (AvgIpc) is 2.45. The average molecular weight is 243 g/mol. The number of benzene rings is 1. The van der Waals surface area contributed by atoms with E-state index < -0.39 is 0 Å². The van der Waals surface area contributed by atoms with Crippen LogP contribution in [0.2, 0.25) is 0 Å². The number of aldehydes is 1. The number of carbonyl (C=O) groups is 1. The van der Waals surface area contributed by atoms with Crippen molar-refractivity contribution in [3.63, 3.8) is 0 Å². The van der Waals surface area contributed by atoms with E-state index in [4.69, 9.17) is 9.47 Å². The number of halogens is 1. The number of hydrogen-bond acceptors (Lipinski definition) is 3. The van der Waals surface area contributed by atoms with Crippen LogP contribution in [0.15, 0.2) is 16.6 Å². The standard InChI is InChI=1S/C9H7BrO3/c1-5-12-8-3-2-7(10)6(4-11)9(8)13-5/h2-5H,1H3. The second kappa shape index (κ2) is 3.03. The number of carbonyl (C=O) groups excluding carboxylic acids is 1. The molecule has 0 spiro atoms. The van der Waals surface area contributed by atoms with Crippen molar-refractivity contribution in [1.29, 1.82) is 0 Å². The molecule has 0 N–H and O–H groups in total. The van der Waals surface area contributed by atoms with Crippen molar-refractivity contribution < 1.29 is 14.3 Å². The van der Waals surface area contributed by atoms with Gasteiger partial charge < -0.3 is 9.47 Å². The van der Waals surface area contributed by atoms with Crippen LogP contribution in [-0.4, -0.2) is 12.6 Å². The molecule has 1 atom stereocenters. The first kappa shape index (κ1) is 8.56. The normalized spacial score (nSPS) is 18.8. The lowest BCUT2D eigenvalue weighted by Crippen LogP contribution is -2.11. The third kappa shape index (κ3) is 1.31. The van der Waals surface area contributed by atoms with Gasteiger partial charge in [0.1, 0.15) is 0 Å². The fourth-order valence-electron chi connectivity index (χ4n) is 1.25. The van der Waals surface area contributed by atoms with E-state index in [1.54, 1.807) is 19.1 Å². The van der Waals surface area contributed by atoms with Crippen LogP contribution >= 0.6 is 15.9 Å². The number of ether oxygens (including phenoxy) is 2. The van der Waals surface area contributed by atoms with E-state index in [1.165, 1.54) is 0 Å². The molecule has 0 aromatic heterocycles. The summed E-state index contributed by atoms with van der Waals surface area (Å²) in [5.74, 6) is 1.15. The molecule has 3 nitrogen and oxygen atoms in total. The summed E-state index contributed by atoms with van der Waals surface area (Å²) in [6.45, 7) is 1.78. The van der Waals surface area contributed by atoms with E-state index in [1.807, 2.05) is 0 Å². The maximum atomic E-state index is 10.7. The molecule has 0 amide bonds. The summed E-state index contributed by atoms with van der Waals surface area (Å²) < 4.78 is 11.3. The minimum atomic E-state index is -0.317. The van der Waals surface area contributed by atoms with Gasteiger partial charge in [-0.1, -0.05) is 0 Å². The SMILES string of the molecule is CC1Oc2ccc(Br)c(C=O)c2O1. The lowest BCUT2D eigenvalue weighted by molar-refractivity contribution is 0.0673. The van der Waals surface area contributed by atoms with Crippen molar-refractivity contribution in [2.24, 2.45) is 0 Å². The third-order valence-electron chi connectivity index (χ3n) is 1.80. The Kier molecular flexibility index (Phi) is 2.00. The van der Waals surface area contributed by atoms with E-state index in [0.717, 1.165) is 10.8 Å². The number of hydrogen-bond donors (Lipinski definition) is 0. The van der Waals surface area contributed by atoms with Gasteiger partial charge in [-0.05, 0) is 28.1 Å². The molecule has 1 unspecified atom stereocenters. The Balaban J connectivity index is 2.58. The van der Waals surface area contributed by atoms with E-state index in [-0.39, 0.29) is 6.29 Å². The minimum Gasteiger partial charge on any atom is -0.451 e. The molecule has 0 fully saturated rings. The zero-order valence-corrected chi connectivity index (χ0v) is 8.50. The van der Waals surface area contributed by atoms with Crippen LogP contribution in [0.3, 0.4) is 0 Å². The van der Waals surface area contributed by atoms with Crippen LogP contribution in [-0.2, 0) is 0 Å². The van der Waals surface area contributed by atoms with Crippen LogP contribution in [0.4, 0.5) is 0 Å². The summed E-state index contributed by atoms with van der Waals surface area (Å²) in [7, 11) is 0. The maximum absolute atomic E-state index is 10.7. The van der Waals surface area contributed by atoms with Gasteiger partial charge in [-0.25, -0.2) is 0 Å². The second-order valence-corrected chi connectivity index (χ2v) is 3.56. The van der Waals surface area contributed by atoms with Crippen LogP contribution in [0.1, 0.15) is 17.3 Å². The molecule has 1 aromatic carbocycles. The lowest BCUT2D eigenvalue weighted by atomic mass is 10.2. The Morgan fingerprint density at radius 2 is 2.23 bits per heavy atom. The molecule has 2 rings (SSSR count). The fraction of sp³-hybridized carbons (Fsp3) is 0.222. The van der Waals surface area contributed by atoms with Crippen LogP contribution < -0.4 is 9.47 Å². The highest BCUT2D eigenvalue weighted by molar-refractivity contribution is 9.10. The highest BCUT2D eigenvalue weighted by Crippen LogP contribution is 2.40. The van der Waals surface area contributed by atoms with Crippen molar-refractivity contribution in [1.82, 2.24) is 0 Å². The van der Waals surface area contributed by atoms with Gasteiger partial charge >= 0.3 is 0 Å². The highest BCUT2D eigenvalue weighted by atomic mass is 79.9. The molecule has 1 aliphatic rings. The molecule has 0 radical (unpaired) electrons. The van der Waals surface area contributed by atoms with Gasteiger partial charge in [-0.15, -0.1) is 0 Å². The summed E-state index contributed by atoms with van der Waals surface area (Å²) in [5.41, 5.74) is 0.502. The minimum absolute atomic E-state index is 0.317. The summed E-state index contributed by atoms with van der Waals surface area (Å²) in [6, 6.07) is 3.54. The van der Waals surface area contributed by atoms with Gasteiger partial charge in [-0.2, -0.15) is 0 Å². The first-order valence-electron chi connectivity index (χ1n) is 3.83. The molecule has 0 bridgehead atoms. The molecule has 13 heavy (non-hydrogen) atoms. The van der Waals surface area contributed by atoms with Gasteiger partial charge in [0.05, 0.1) is 5.56 Å². The predicted molar refractivity (Wildman–Crippen MR) is 50.2 cm³/mol. The third-order valence-corrected chi connectivity index (χ3v) is 2.49. The molecule has 1 heterocycles. The summed E-state index contributed by atoms with van der Waals surface area (Å²) >= 11 is 3.26. The van der Waals surface area contributed by atoms with E-state index >= 15 is 0 Å². The monoisotopic (exact) mass is 242 g/mol. The van der Waals surface area contributed by atoms with Gasteiger partial charge in [0.25, 0.3) is 0 Å². The molecular weight excluding hydrogens is 236 g/mol. The molecule has 4 heteroatoms. The van der Waals surface area contributed by atoms with Crippen molar-refractivity contribution in [3.05, 3.63) is 22.2 Å². The van der Waals surface area contributed by atoms with Crippen LogP contribution in [0.5, 0.6) is 11.5 Å². The largest absolute Gasteiger partial charge is 0.451 e. The van der Waals surface area contributed by atoms with E-state index in [9.17, 15) is 4.79 Å². The fourth-order valence-corrected chi connectivity index (χ4v) is 1.65. The molecule has 1 aliphatic heterocycles. The molecule has 0 saturated carbocycles. The zero-order chi connectivity index (χ0) is 9.42. The zero-order valence-electron chi connectivity index (χ0n) is 6.91. The predicted octanol–water partition coefficient (Wildman–Crippen LogP) is 2.38. The molecule has 1 aromatic rings. The van der Waals surface area contributed by atoms with Crippen LogP contribution in [0.25, 0.3) is 0 Å². The Morgan fingerprint density at radius 1 is 1.46 bits per heavy atom. The van der Waals surface area contributed by atoms with Gasteiger partial charge in [-0.3, -0.25) is 4.79 Å². The maximum Gasteiger partial charge on any atom is 0.238 e. The number of fused-ring (bicyclic) bond motifs is 1. The summed E-state index contributed by atoms with van der Waals surface area (Å²) in [4.78, 5) is 10.7. The lowest BCUT2D eigenvalue weighted by Gasteiger charge is -2.01. The molecular formula is C9H7BrO3. The van der Waals surface area contributed by atoms with Crippen molar-refractivity contribution in [2.75, 3.05) is 0 Å². The topological polar surface area (TPSA) is 35.5 Å². The van der Waals surface area contributed by atoms with Crippen molar-refractivity contribution in [2.45, 2.75) is 13.2 Å². The summed E-state index contributed by atoms with van der Waals surface area (Å²) in [6.07, 6.45) is 0.438. The quantitative estimate of drug-likeness (QED) is 0.710. The smallest absolute Gasteiger partial charge is 0.238 e. The van der Waals surface area contributed by atoms with Crippen LogP contribution in [0, 0.1) is 0 Å².